The zero-order valence-electron chi connectivity index (χ0n) is 20.0. The van der Waals surface area contributed by atoms with Gasteiger partial charge in [-0.3, -0.25) is 4.98 Å². The Balaban J connectivity index is 1.40. The number of rotatable bonds is 13. The topological polar surface area (TPSA) is 38.7 Å². The summed E-state index contributed by atoms with van der Waals surface area (Å²) in [4.78, 5) is 14.0. The fourth-order valence-electron chi connectivity index (χ4n) is 5.03. The van der Waals surface area contributed by atoms with Gasteiger partial charge in [0.25, 0.3) is 0 Å². The first-order chi connectivity index (χ1) is 15.3. The number of hydrogen-bond acceptors (Lipinski definition) is 3. The van der Waals surface area contributed by atoms with Crippen molar-refractivity contribution in [3.05, 3.63) is 42.0 Å². The quantitative estimate of drug-likeness (QED) is 0.305. The molecule has 0 atom stereocenters. The molecule has 2 aromatic rings. The van der Waals surface area contributed by atoms with E-state index in [0.29, 0.717) is 5.92 Å². The number of unbranched alkanes of at least 4 members (excludes halogenated alkanes) is 7. The van der Waals surface area contributed by atoms with Gasteiger partial charge in [-0.15, -0.1) is 0 Å². The molecule has 3 nitrogen and oxygen atoms in total. The minimum Gasteiger partial charge on any atom is -0.260 e. The molecule has 1 aliphatic rings. The maximum Gasteiger partial charge on any atom is 0.160 e. The van der Waals surface area contributed by atoms with Crippen molar-refractivity contribution in [2.75, 3.05) is 0 Å². The molecule has 0 amide bonds. The average molecular weight is 422 g/mol. The van der Waals surface area contributed by atoms with Crippen molar-refractivity contribution in [1.82, 2.24) is 15.0 Å². The van der Waals surface area contributed by atoms with Crippen LogP contribution < -0.4 is 0 Å². The van der Waals surface area contributed by atoms with Crippen LogP contribution in [0.5, 0.6) is 0 Å². The van der Waals surface area contributed by atoms with Crippen molar-refractivity contribution in [3.63, 3.8) is 0 Å². The third-order valence-corrected chi connectivity index (χ3v) is 7.03. The van der Waals surface area contributed by atoms with Crippen LogP contribution in [0.4, 0.5) is 0 Å². The number of pyridine rings is 1. The Labute approximate surface area is 190 Å². The second-order valence-electron chi connectivity index (χ2n) is 9.62. The van der Waals surface area contributed by atoms with Crippen LogP contribution in [-0.2, 0) is 6.42 Å². The predicted molar refractivity (Wildman–Crippen MR) is 131 cm³/mol. The zero-order chi connectivity index (χ0) is 21.7. The monoisotopic (exact) mass is 421 g/mol. The molecule has 1 aliphatic carbocycles. The number of aryl methyl sites for hydroxylation is 1. The van der Waals surface area contributed by atoms with Crippen molar-refractivity contribution < 1.29 is 0 Å². The number of aromatic nitrogens is 3. The van der Waals surface area contributed by atoms with E-state index in [2.05, 4.69) is 35.9 Å². The molecule has 3 rings (SSSR count). The van der Waals surface area contributed by atoms with Gasteiger partial charge >= 0.3 is 0 Å². The van der Waals surface area contributed by atoms with Gasteiger partial charge < -0.3 is 0 Å². The highest BCUT2D eigenvalue weighted by Crippen LogP contribution is 2.36. The highest BCUT2D eigenvalue weighted by Gasteiger charge is 2.22. The molecular weight excluding hydrogens is 378 g/mol. The molecule has 31 heavy (non-hydrogen) atoms. The van der Waals surface area contributed by atoms with Crippen LogP contribution in [0.3, 0.4) is 0 Å². The van der Waals surface area contributed by atoms with E-state index in [1.54, 1.807) is 0 Å². The molecule has 0 radical (unpaired) electrons. The summed E-state index contributed by atoms with van der Waals surface area (Å²) < 4.78 is 0. The molecule has 0 aliphatic heterocycles. The summed E-state index contributed by atoms with van der Waals surface area (Å²) in [6.07, 6.45) is 25.9. The minimum absolute atomic E-state index is 0.636. The van der Waals surface area contributed by atoms with Gasteiger partial charge in [0, 0.05) is 35.8 Å². The lowest BCUT2D eigenvalue weighted by atomic mass is 9.78. The van der Waals surface area contributed by atoms with Crippen LogP contribution >= 0.6 is 0 Å². The van der Waals surface area contributed by atoms with E-state index in [1.165, 1.54) is 101 Å². The van der Waals surface area contributed by atoms with Crippen LogP contribution in [0.2, 0.25) is 0 Å². The van der Waals surface area contributed by atoms with E-state index in [-0.39, 0.29) is 0 Å². The Hall–Kier alpha value is -1.77. The lowest BCUT2D eigenvalue weighted by Gasteiger charge is -2.28. The molecule has 0 spiro atoms. The molecule has 3 heteroatoms. The van der Waals surface area contributed by atoms with Gasteiger partial charge in [0.05, 0.1) is 0 Å². The first-order valence-electron chi connectivity index (χ1n) is 13.1. The highest BCUT2D eigenvalue weighted by molar-refractivity contribution is 5.53. The van der Waals surface area contributed by atoms with E-state index in [1.807, 2.05) is 18.6 Å². The summed E-state index contributed by atoms with van der Waals surface area (Å²) in [5, 5.41) is 0. The van der Waals surface area contributed by atoms with Crippen molar-refractivity contribution in [2.45, 2.75) is 116 Å². The lowest BCUT2D eigenvalue weighted by Crippen LogP contribution is -2.14. The Bertz CT molecular complexity index is 715. The molecule has 2 aromatic heterocycles. The molecular formula is C28H43N3. The van der Waals surface area contributed by atoms with E-state index in [4.69, 9.17) is 4.98 Å². The fourth-order valence-corrected chi connectivity index (χ4v) is 5.03. The molecule has 0 bridgehead atoms. The number of hydrogen-bond donors (Lipinski definition) is 0. The van der Waals surface area contributed by atoms with E-state index >= 15 is 0 Å². The van der Waals surface area contributed by atoms with Gasteiger partial charge in [-0.2, -0.15) is 0 Å². The summed E-state index contributed by atoms with van der Waals surface area (Å²) in [5.41, 5.74) is 3.54. The smallest absolute Gasteiger partial charge is 0.160 e. The van der Waals surface area contributed by atoms with Crippen LogP contribution in [0.15, 0.2) is 30.7 Å². The molecule has 0 N–H and O–H groups in total. The SMILES string of the molecule is CCCCCCCCCCc1cnc(-c2ccc(C3CCC(CCC)CC3)nc2)nc1. The maximum atomic E-state index is 4.79. The van der Waals surface area contributed by atoms with E-state index in [9.17, 15) is 0 Å². The van der Waals surface area contributed by atoms with Crippen LogP contribution in [0, 0.1) is 5.92 Å². The molecule has 170 valence electrons. The first-order valence-corrected chi connectivity index (χ1v) is 13.1. The Kier molecular flexibility index (Phi) is 10.5. The van der Waals surface area contributed by atoms with Gasteiger partial charge in [-0.05, 0) is 62.1 Å². The van der Waals surface area contributed by atoms with Crippen molar-refractivity contribution in [2.24, 2.45) is 5.92 Å². The highest BCUT2D eigenvalue weighted by atomic mass is 14.9. The van der Waals surface area contributed by atoms with Crippen LogP contribution in [0.1, 0.15) is 121 Å². The molecule has 0 aromatic carbocycles. The summed E-state index contributed by atoms with van der Waals surface area (Å²) in [6, 6.07) is 4.37. The van der Waals surface area contributed by atoms with Crippen molar-refractivity contribution in [3.8, 4) is 11.4 Å². The Morgan fingerprint density at radius 3 is 2.00 bits per heavy atom. The maximum absolute atomic E-state index is 4.79. The zero-order valence-corrected chi connectivity index (χ0v) is 20.0. The third-order valence-electron chi connectivity index (χ3n) is 7.03. The van der Waals surface area contributed by atoms with Gasteiger partial charge in [0.2, 0.25) is 0 Å². The van der Waals surface area contributed by atoms with E-state index < -0.39 is 0 Å². The molecule has 0 unspecified atom stereocenters. The first kappa shape index (κ1) is 23.9. The molecule has 1 saturated carbocycles. The van der Waals surface area contributed by atoms with Crippen LogP contribution in [-0.4, -0.2) is 15.0 Å². The van der Waals surface area contributed by atoms with Gasteiger partial charge in [-0.1, -0.05) is 71.6 Å². The third kappa shape index (κ3) is 8.01. The predicted octanol–water partition coefficient (Wildman–Crippen LogP) is 8.30. The van der Waals surface area contributed by atoms with Crippen molar-refractivity contribution >= 4 is 0 Å². The normalized spacial score (nSPS) is 18.9. The standard InChI is InChI=1S/C28H43N3/c1-3-5-6-7-8-9-10-11-13-24-20-30-28(31-21-24)26-18-19-27(29-22-26)25-16-14-23(12-4-2)15-17-25/h18-23,25H,3-17H2,1-2H3. The second kappa shape index (κ2) is 13.6. The van der Waals surface area contributed by atoms with E-state index in [0.717, 1.165) is 23.7 Å². The minimum atomic E-state index is 0.636. The van der Waals surface area contributed by atoms with Crippen molar-refractivity contribution in [1.29, 1.82) is 0 Å². The lowest BCUT2D eigenvalue weighted by molar-refractivity contribution is 0.305. The van der Waals surface area contributed by atoms with Crippen LogP contribution in [0.25, 0.3) is 11.4 Å². The summed E-state index contributed by atoms with van der Waals surface area (Å²) in [7, 11) is 0. The summed E-state index contributed by atoms with van der Waals surface area (Å²) in [5.74, 6) is 2.38. The summed E-state index contributed by atoms with van der Waals surface area (Å²) >= 11 is 0. The van der Waals surface area contributed by atoms with Gasteiger partial charge in [-0.25, -0.2) is 9.97 Å². The Morgan fingerprint density at radius 1 is 0.710 bits per heavy atom. The molecule has 0 saturated heterocycles. The fraction of sp³-hybridized carbons (Fsp3) is 0.679. The second-order valence-corrected chi connectivity index (χ2v) is 9.62. The van der Waals surface area contributed by atoms with Gasteiger partial charge in [0.1, 0.15) is 0 Å². The average Bonchev–Trinajstić information content (AvgIpc) is 2.82. The molecule has 1 fully saturated rings. The Morgan fingerprint density at radius 2 is 1.39 bits per heavy atom. The van der Waals surface area contributed by atoms with Gasteiger partial charge in [0.15, 0.2) is 5.82 Å². The summed E-state index contributed by atoms with van der Waals surface area (Å²) in [6.45, 7) is 4.58. The molecule has 2 heterocycles. The largest absolute Gasteiger partial charge is 0.260 e. The number of nitrogens with zero attached hydrogens (tertiary/aromatic N) is 3.